The molecule has 1 heterocycles. The monoisotopic (exact) mass is 373 g/mol. The lowest BCUT2D eigenvalue weighted by Crippen LogP contribution is -2.13. The topological polar surface area (TPSA) is 85.8 Å². The number of nitrogens with one attached hydrogen (secondary N) is 2. The Labute approximate surface area is 149 Å². The van der Waals surface area contributed by atoms with Gasteiger partial charge in [-0.25, -0.2) is 17.2 Å². The first kappa shape index (κ1) is 17.6. The lowest BCUT2D eigenvalue weighted by molar-refractivity contribution is 0.598. The first-order valence-electron chi connectivity index (χ1n) is 7.48. The maximum atomic E-state index is 13.9. The Morgan fingerprint density at radius 1 is 1.12 bits per heavy atom. The van der Waals surface area contributed by atoms with Crippen molar-refractivity contribution in [1.29, 1.82) is 5.26 Å². The zero-order chi connectivity index (χ0) is 18.9. The van der Waals surface area contributed by atoms with E-state index in [0.29, 0.717) is 16.8 Å². The van der Waals surface area contributed by atoms with Crippen molar-refractivity contribution in [2.75, 3.05) is 4.72 Å². The first-order chi connectivity index (χ1) is 12.3. The number of benzene rings is 2. The molecule has 132 valence electrons. The van der Waals surface area contributed by atoms with E-state index >= 15 is 0 Å². The molecule has 0 saturated heterocycles. The molecule has 0 fully saturated rings. The van der Waals surface area contributed by atoms with Crippen LogP contribution in [0.5, 0.6) is 0 Å². The molecule has 0 radical (unpaired) electrons. The molecule has 0 bridgehead atoms. The van der Waals surface area contributed by atoms with Gasteiger partial charge >= 0.3 is 0 Å². The van der Waals surface area contributed by atoms with Crippen molar-refractivity contribution in [3.63, 3.8) is 0 Å². The van der Waals surface area contributed by atoms with E-state index < -0.39 is 21.7 Å². The third kappa shape index (κ3) is 3.30. The number of nitrogens with zero attached hydrogens (tertiary/aromatic N) is 1. The number of nitriles is 1. The van der Waals surface area contributed by atoms with Crippen molar-refractivity contribution in [2.45, 2.75) is 11.8 Å². The molecule has 0 unspecified atom stereocenters. The largest absolute Gasteiger partial charge is 0.360 e. The standard InChI is InChI=1S/C18H13F2N3O2S/c1-11-14(3-2-4-15(11)19)18-8-13(10-22-18)26(24,25)23-17-6-5-12(9-21)7-16(17)20/h2-8,10,22-23H,1H3. The van der Waals surface area contributed by atoms with Crippen LogP contribution in [0.3, 0.4) is 0 Å². The summed E-state index contributed by atoms with van der Waals surface area (Å²) in [6.07, 6.45) is 1.24. The number of aromatic amines is 1. The van der Waals surface area contributed by atoms with Gasteiger partial charge in [0.25, 0.3) is 10.0 Å². The van der Waals surface area contributed by atoms with Crippen molar-refractivity contribution >= 4 is 15.7 Å². The highest BCUT2D eigenvalue weighted by molar-refractivity contribution is 7.92. The van der Waals surface area contributed by atoms with Crippen molar-refractivity contribution in [1.82, 2.24) is 4.98 Å². The van der Waals surface area contributed by atoms with Gasteiger partial charge in [0.15, 0.2) is 0 Å². The molecular weight excluding hydrogens is 360 g/mol. The molecule has 0 atom stereocenters. The summed E-state index contributed by atoms with van der Waals surface area (Å²) in [6.45, 7) is 1.59. The van der Waals surface area contributed by atoms with Gasteiger partial charge in [-0.1, -0.05) is 12.1 Å². The van der Waals surface area contributed by atoms with Crippen LogP contribution in [-0.2, 0) is 10.0 Å². The number of H-pyrrole nitrogens is 1. The Bertz CT molecular complexity index is 1130. The number of anilines is 1. The fourth-order valence-corrected chi connectivity index (χ4v) is 3.52. The zero-order valence-corrected chi connectivity index (χ0v) is 14.4. The molecule has 0 aliphatic heterocycles. The van der Waals surface area contributed by atoms with Gasteiger partial charge in [0.2, 0.25) is 0 Å². The summed E-state index contributed by atoms with van der Waals surface area (Å²) in [5.41, 5.74) is 1.13. The summed E-state index contributed by atoms with van der Waals surface area (Å²) >= 11 is 0. The van der Waals surface area contributed by atoms with Crippen LogP contribution in [0.15, 0.2) is 53.6 Å². The van der Waals surface area contributed by atoms with E-state index in [9.17, 15) is 17.2 Å². The summed E-state index contributed by atoms with van der Waals surface area (Å²) in [4.78, 5) is 2.67. The molecule has 0 amide bonds. The lowest BCUT2D eigenvalue weighted by atomic mass is 10.1. The summed E-state index contributed by atoms with van der Waals surface area (Å²) in [5, 5.41) is 8.73. The number of sulfonamides is 1. The number of hydrogen-bond acceptors (Lipinski definition) is 3. The Hall–Kier alpha value is -3.18. The lowest BCUT2D eigenvalue weighted by Gasteiger charge is -2.07. The number of hydrogen-bond donors (Lipinski definition) is 2. The minimum absolute atomic E-state index is 0.0796. The van der Waals surface area contributed by atoms with Crippen LogP contribution < -0.4 is 4.72 Å². The molecule has 0 saturated carbocycles. The summed E-state index contributed by atoms with van der Waals surface area (Å²) in [5.74, 6) is -1.26. The SMILES string of the molecule is Cc1c(F)cccc1-c1cc(S(=O)(=O)Nc2ccc(C#N)cc2F)c[nH]1. The van der Waals surface area contributed by atoms with Gasteiger partial charge in [-0.3, -0.25) is 4.72 Å². The van der Waals surface area contributed by atoms with Crippen molar-refractivity contribution < 1.29 is 17.2 Å². The smallest absolute Gasteiger partial charge is 0.263 e. The normalized spacial score (nSPS) is 11.2. The van der Waals surface area contributed by atoms with Crippen LogP contribution >= 0.6 is 0 Å². The highest BCUT2D eigenvalue weighted by Crippen LogP contribution is 2.27. The minimum Gasteiger partial charge on any atom is -0.360 e. The molecule has 0 aliphatic carbocycles. The third-order valence-corrected chi connectivity index (χ3v) is 5.21. The van der Waals surface area contributed by atoms with Gasteiger partial charge in [-0.2, -0.15) is 5.26 Å². The van der Waals surface area contributed by atoms with E-state index in [1.165, 1.54) is 36.5 Å². The van der Waals surface area contributed by atoms with E-state index in [2.05, 4.69) is 9.71 Å². The van der Waals surface area contributed by atoms with Gasteiger partial charge in [0, 0.05) is 17.5 Å². The van der Waals surface area contributed by atoms with E-state index in [1.54, 1.807) is 19.1 Å². The molecule has 3 aromatic rings. The van der Waals surface area contributed by atoms with Gasteiger partial charge in [0.1, 0.15) is 16.5 Å². The molecule has 3 rings (SSSR count). The molecule has 26 heavy (non-hydrogen) atoms. The first-order valence-corrected chi connectivity index (χ1v) is 8.96. The van der Waals surface area contributed by atoms with Crippen LogP contribution in [0.4, 0.5) is 14.5 Å². The maximum absolute atomic E-state index is 13.9. The molecule has 2 aromatic carbocycles. The summed E-state index contributed by atoms with van der Waals surface area (Å²) in [7, 11) is -4.06. The average Bonchev–Trinajstić information content (AvgIpc) is 3.10. The predicted molar refractivity (Wildman–Crippen MR) is 92.8 cm³/mol. The second kappa shape index (κ2) is 6.61. The van der Waals surface area contributed by atoms with Gasteiger partial charge in [-0.15, -0.1) is 0 Å². The fourth-order valence-electron chi connectivity index (χ4n) is 2.46. The molecule has 0 spiro atoms. The molecule has 0 aliphatic rings. The average molecular weight is 373 g/mol. The van der Waals surface area contributed by atoms with E-state index in [1.807, 2.05) is 0 Å². The summed E-state index contributed by atoms with van der Waals surface area (Å²) < 4.78 is 54.7. The van der Waals surface area contributed by atoms with Gasteiger partial charge in [0.05, 0.1) is 17.3 Å². The number of halogens is 2. The Morgan fingerprint density at radius 2 is 1.88 bits per heavy atom. The van der Waals surface area contributed by atoms with Crippen LogP contribution in [0.25, 0.3) is 11.3 Å². The Kier molecular flexibility index (Phi) is 4.49. The number of aromatic nitrogens is 1. The zero-order valence-electron chi connectivity index (χ0n) is 13.5. The fraction of sp³-hybridized carbons (Fsp3) is 0.0556. The highest BCUT2D eigenvalue weighted by Gasteiger charge is 2.19. The van der Waals surface area contributed by atoms with Crippen LogP contribution in [-0.4, -0.2) is 13.4 Å². The molecule has 5 nitrogen and oxygen atoms in total. The Balaban J connectivity index is 1.93. The third-order valence-electron chi connectivity index (χ3n) is 3.87. The van der Waals surface area contributed by atoms with Gasteiger partial charge in [-0.05, 0) is 42.8 Å². The second-order valence-electron chi connectivity index (χ2n) is 5.57. The van der Waals surface area contributed by atoms with Crippen LogP contribution in [0.2, 0.25) is 0 Å². The van der Waals surface area contributed by atoms with Crippen LogP contribution in [0.1, 0.15) is 11.1 Å². The van der Waals surface area contributed by atoms with E-state index in [4.69, 9.17) is 5.26 Å². The van der Waals surface area contributed by atoms with E-state index in [-0.39, 0.29) is 16.1 Å². The quantitative estimate of drug-likeness (QED) is 0.726. The van der Waals surface area contributed by atoms with Gasteiger partial charge < -0.3 is 4.98 Å². The molecule has 1 aromatic heterocycles. The van der Waals surface area contributed by atoms with E-state index in [0.717, 1.165) is 6.07 Å². The van der Waals surface area contributed by atoms with Crippen molar-refractivity contribution in [2.24, 2.45) is 0 Å². The minimum atomic E-state index is -4.06. The predicted octanol–water partition coefficient (Wildman–Crippen LogP) is 3.94. The van der Waals surface area contributed by atoms with Crippen LogP contribution in [0, 0.1) is 29.9 Å². The number of rotatable bonds is 4. The van der Waals surface area contributed by atoms with Crippen molar-refractivity contribution in [3.05, 3.63) is 71.4 Å². The molecular formula is C18H13F2N3O2S. The van der Waals surface area contributed by atoms with Crippen molar-refractivity contribution in [3.8, 4) is 17.3 Å². The maximum Gasteiger partial charge on any atom is 0.263 e. The molecule has 8 heteroatoms. The second-order valence-corrected chi connectivity index (χ2v) is 7.26. The highest BCUT2D eigenvalue weighted by atomic mass is 32.2. The molecule has 2 N–H and O–H groups in total. The summed E-state index contributed by atoms with van der Waals surface area (Å²) in [6, 6.07) is 11.0. The Morgan fingerprint density at radius 3 is 2.58 bits per heavy atom.